The normalized spacial score (nSPS) is 10.3. The van der Waals surface area contributed by atoms with E-state index >= 15 is 0 Å². The summed E-state index contributed by atoms with van der Waals surface area (Å²) in [6, 6.07) is 5.60. The lowest BCUT2D eigenvalue weighted by molar-refractivity contribution is 0.404. The predicted octanol–water partition coefficient (Wildman–Crippen LogP) is 1.55. The minimum absolute atomic E-state index is 0.423. The van der Waals surface area contributed by atoms with Crippen molar-refractivity contribution in [1.82, 2.24) is 10.2 Å². The Hall–Kier alpha value is -2.01. The zero-order valence-electron chi connectivity index (χ0n) is 9.86. The number of nitrogens with one attached hydrogen (secondary N) is 1. The lowest BCUT2D eigenvalue weighted by Crippen LogP contribution is -1.98. The summed E-state index contributed by atoms with van der Waals surface area (Å²) in [5.74, 6) is 1.52. The van der Waals surface area contributed by atoms with Crippen LogP contribution in [0.4, 0.5) is 0 Å². The summed E-state index contributed by atoms with van der Waals surface area (Å²) < 4.78 is 10.5. The minimum atomic E-state index is 0.423. The summed E-state index contributed by atoms with van der Waals surface area (Å²) in [7, 11) is 3.26. The monoisotopic (exact) mass is 233 g/mol. The Morgan fingerprint density at radius 3 is 2.76 bits per heavy atom. The summed E-state index contributed by atoms with van der Waals surface area (Å²) in [5, 5.41) is 6.93. The number of hydrogen-bond donors (Lipinski definition) is 2. The van der Waals surface area contributed by atoms with Crippen LogP contribution in [0.1, 0.15) is 5.56 Å². The molecule has 0 bridgehead atoms. The molecule has 2 aromatic rings. The molecule has 2 rings (SSSR count). The number of aromatic amines is 1. The van der Waals surface area contributed by atoms with Gasteiger partial charge in [0, 0.05) is 17.7 Å². The molecule has 0 spiro atoms. The Bertz CT molecular complexity index is 508. The van der Waals surface area contributed by atoms with Gasteiger partial charge in [0.05, 0.1) is 26.1 Å². The fourth-order valence-corrected chi connectivity index (χ4v) is 1.71. The van der Waals surface area contributed by atoms with Crippen molar-refractivity contribution >= 4 is 0 Å². The first kappa shape index (κ1) is 11.5. The van der Waals surface area contributed by atoms with Crippen LogP contribution in [0.3, 0.4) is 0 Å². The number of rotatable bonds is 4. The van der Waals surface area contributed by atoms with Gasteiger partial charge in [0.15, 0.2) is 0 Å². The summed E-state index contributed by atoms with van der Waals surface area (Å²) in [6.07, 6.45) is 1.72. The Morgan fingerprint density at radius 2 is 2.12 bits per heavy atom. The molecule has 17 heavy (non-hydrogen) atoms. The molecule has 0 aliphatic heterocycles. The predicted molar refractivity (Wildman–Crippen MR) is 65.0 cm³/mol. The van der Waals surface area contributed by atoms with Gasteiger partial charge in [-0.05, 0) is 18.2 Å². The molecule has 5 nitrogen and oxygen atoms in total. The number of aromatic nitrogens is 2. The van der Waals surface area contributed by atoms with Gasteiger partial charge < -0.3 is 15.2 Å². The zero-order valence-corrected chi connectivity index (χ0v) is 9.86. The molecule has 0 saturated heterocycles. The molecule has 5 heteroatoms. The lowest BCUT2D eigenvalue weighted by Gasteiger charge is -2.10. The van der Waals surface area contributed by atoms with Crippen LogP contribution in [-0.2, 0) is 6.54 Å². The standard InChI is InChI=1S/C12H15N3O2/c1-16-9-3-4-11(17-2)10(5-9)12-8(6-13)7-14-15-12/h3-5,7H,6,13H2,1-2H3,(H,14,15). The summed E-state index contributed by atoms with van der Waals surface area (Å²) in [4.78, 5) is 0. The molecule has 0 aliphatic rings. The molecule has 1 heterocycles. The zero-order chi connectivity index (χ0) is 12.3. The number of benzene rings is 1. The first-order valence-corrected chi connectivity index (χ1v) is 5.25. The molecule has 3 N–H and O–H groups in total. The van der Waals surface area contributed by atoms with Gasteiger partial charge in [-0.15, -0.1) is 0 Å². The van der Waals surface area contributed by atoms with Gasteiger partial charge in [-0.25, -0.2) is 0 Å². The fraction of sp³-hybridized carbons (Fsp3) is 0.250. The molecular formula is C12H15N3O2. The van der Waals surface area contributed by atoms with E-state index in [9.17, 15) is 0 Å². The first-order chi connectivity index (χ1) is 8.30. The summed E-state index contributed by atoms with van der Waals surface area (Å²) in [6.45, 7) is 0.423. The first-order valence-electron chi connectivity index (χ1n) is 5.25. The highest BCUT2D eigenvalue weighted by Crippen LogP contribution is 2.33. The molecule has 1 aromatic heterocycles. The molecular weight excluding hydrogens is 218 g/mol. The van der Waals surface area contributed by atoms with E-state index in [4.69, 9.17) is 15.2 Å². The van der Waals surface area contributed by atoms with E-state index < -0.39 is 0 Å². The number of nitrogens with two attached hydrogens (primary N) is 1. The van der Waals surface area contributed by atoms with Crippen molar-refractivity contribution in [3.63, 3.8) is 0 Å². The van der Waals surface area contributed by atoms with Crippen LogP contribution < -0.4 is 15.2 Å². The second kappa shape index (κ2) is 4.88. The van der Waals surface area contributed by atoms with Crippen LogP contribution in [-0.4, -0.2) is 24.4 Å². The topological polar surface area (TPSA) is 73.2 Å². The van der Waals surface area contributed by atoms with E-state index in [1.807, 2.05) is 18.2 Å². The maximum atomic E-state index is 5.66. The van der Waals surface area contributed by atoms with Gasteiger partial charge in [-0.2, -0.15) is 5.10 Å². The van der Waals surface area contributed by atoms with Crippen LogP contribution in [0.25, 0.3) is 11.3 Å². The van der Waals surface area contributed by atoms with Crippen molar-refractivity contribution in [2.24, 2.45) is 5.73 Å². The lowest BCUT2D eigenvalue weighted by atomic mass is 10.1. The average molecular weight is 233 g/mol. The highest BCUT2D eigenvalue weighted by molar-refractivity contribution is 5.71. The van der Waals surface area contributed by atoms with Crippen molar-refractivity contribution in [2.45, 2.75) is 6.54 Å². The van der Waals surface area contributed by atoms with Gasteiger partial charge in [0.25, 0.3) is 0 Å². The van der Waals surface area contributed by atoms with Gasteiger partial charge in [0.1, 0.15) is 11.5 Å². The molecule has 0 saturated carbocycles. The van der Waals surface area contributed by atoms with E-state index in [-0.39, 0.29) is 0 Å². The SMILES string of the molecule is COc1ccc(OC)c(-c2[nH]ncc2CN)c1. The maximum absolute atomic E-state index is 5.66. The van der Waals surface area contributed by atoms with Crippen LogP contribution >= 0.6 is 0 Å². The Labute approximate surface area is 99.5 Å². The number of methoxy groups -OCH3 is 2. The van der Waals surface area contributed by atoms with Crippen LogP contribution in [0, 0.1) is 0 Å². The number of H-pyrrole nitrogens is 1. The van der Waals surface area contributed by atoms with E-state index in [0.29, 0.717) is 6.54 Å². The van der Waals surface area contributed by atoms with E-state index in [0.717, 1.165) is 28.3 Å². The van der Waals surface area contributed by atoms with Crippen LogP contribution in [0.5, 0.6) is 11.5 Å². The van der Waals surface area contributed by atoms with Gasteiger partial charge in [0.2, 0.25) is 0 Å². The molecule has 0 unspecified atom stereocenters. The molecule has 1 aromatic carbocycles. The largest absolute Gasteiger partial charge is 0.497 e. The molecule has 0 aliphatic carbocycles. The third-order valence-electron chi connectivity index (χ3n) is 2.61. The van der Waals surface area contributed by atoms with Gasteiger partial charge in [-0.3, -0.25) is 5.10 Å². The minimum Gasteiger partial charge on any atom is -0.497 e. The van der Waals surface area contributed by atoms with Gasteiger partial charge >= 0.3 is 0 Å². The third kappa shape index (κ3) is 2.09. The second-order valence-corrected chi connectivity index (χ2v) is 3.54. The average Bonchev–Trinajstić information content (AvgIpc) is 2.86. The number of hydrogen-bond acceptors (Lipinski definition) is 4. The maximum Gasteiger partial charge on any atom is 0.128 e. The van der Waals surface area contributed by atoms with E-state index in [1.165, 1.54) is 0 Å². The smallest absolute Gasteiger partial charge is 0.128 e. The van der Waals surface area contributed by atoms with Crippen LogP contribution in [0.2, 0.25) is 0 Å². The summed E-state index contributed by atoms with van der Waals surface area (Å²) >= 11 is 0. The molecule has 90 valence electrons. The second-order valence-electron chi connectivity index (χ2n) is 3.54. The van der Waals surface area contributed by atoms with Crippen molar-refractivity contribution in [2.75, 3.05) is 14.2 Å². The molecule has 0 amide bonds. The Balaban J connectivity index is 2.56. The highest BCUT2D eigenvalue weighted by Gasteiger charge is 2.12. The molecule has 0 fully saturated rings. The molecule has 0 radical (unpaired) electrons. The highest BCUT2D eigenvalue weighted by atomic mass is 16.5. The Morgan fingerprint density at radius 1 is 1.29 bits per heavy atom. The van der Waals surface area contributed by atoms with Crippen molar-refractivity contribution < 1.29 is 9.47 Å². The van der Waals surface area contributed by atoms with E-state index in [2.05, 4.69) is 10.2 Å². The third-order valence-corrected chi connectivity index (χ3v) is 2.61. The van der Waals surface area contributed by atoms with Gasteiger partial charge in [-0.1, -0.05) is 0 Å². The molecule has 0 atom stereocenters. The number of nitrogens with zero attached hydrogens (tertiary/aromatic N) is 1. The van der Waals surface area contributed by atoms with Crippen molar-refractivity contribution in [1.29, 1.82) is 0 Å². The Kier molecular flexibility index (Phi) is 3.30. The fourth-order valence-electron chi connectivity index (χ4n) is 1.71. The van der Waals surface area contributed by atoms with Crippen molar-refractivity contribution in [3.05, 3.63) is 30.0 Å². The van der Waals surface area contributed by atoms with Crippen LogP contribution in [0.15, 0.2) is 24.4 Å². The quantitative estimate of drug-likeness (QED) is 0.840. The van der Waals surface area contributed by atoms with E-state index in [1.54, 1.807) is 20.4 Å². The summed E-state index contributed by atoms with van der Waals surface area (Å²) in [5.41, 5.74) is 8.36. The number of ether oxygens (including phenoxy) is 2. The van der Waals surface area contributed by atoms with Crippen molar-refractivity contribution in [3.8, 4) is 22.8 Å².